The monoisotopic (exact) mass is 351 g/mol. The van der Waals surface area contributed by atoms with Gasteiger partial charge in [0, 0.05) is 18.2 Å². The number of hydrogen-bond acceptors (Lipinski definition) is 4. The maximum atomic E-state index is 12.1. The third-order valence-electron chi connectivity index (χ3n) is 4.12. The molecule has 7 nitrogen and oxygen atoms in total. The van der Waals surface area contributed by atoms with Crippen LogP contribution in [0.3, 0.4) is 0 Å². The van der Waals surface area contributed by atoms with E-state index in [0.29, 0.717) is 24.2 Å². The second kappa shape index (κ2) is 6.80. The van der Waals surface area contributed by atoms with E-state index in [0.717, 1.165) is 19.3 Å². The third kappa shape index (κ3) is 4.05. The Hall–Kier alpha value is -2.09. The van der Waals surface area contributed by atoms with Crippen molar-refractivity contribution in [1.29, 1.82) is 0 Å². The molecule has 130 valence electrons. The van der Waals surface area contributed by atoms with Gasteiger partial charge in [0.15, 0.2) is 0 Å². The molecule has 1 aliphatic carbocycles. The van der Waals surface area contributed by atoms with Crippen LogP contribution in [0.25, 0.3) is 0 Å². The van der Waals surface area contributed by atoms with Crippen molar-refractivity contribution in [3.63, 3.8) is 0 Å². The van der Waals surface area contributed by atoms with Crippen LogP contribution in [0, 0.1) is 0 Å². The Morgan fingerprint density at radius 2 is 1.83 bits per heavy atom. The summed E-state index contributed by atoms with van der Waals surface area (Å²) in [6.07, 6.45) is 3.51. The van der Waals surface area contributed by atoms with Crippen molar-refractivity contribution in [2.45, 2.75) is 31.7 Å². The molecule has 2 N–H and O–H groups in total. The lowest BCUT2D eigenvalue weighted by Crippen LogP contribution is -2.38. The van der Waals surface area contributed by atoms with Gasteiger partial charge in [-0.3, -0.25) is 13.9 Å². The summed E-state index contributed by atoms with van der Waals surface area (Å²) in [6.45, 7) is 0.410. The van der Waals surface area contributed by atoms with Crippen molar-refractivity contribution in [2.75, 3.05) is 23.1 Å². The molecule has 1 aromatic rings. The maximum absolute atomic E-state index is 12.1. The summed E-state index contributed by atoms with van der Waals surface area (Å²) >= 11 is 0. The predicted molar refractivity (Wildman–Crippen MR) is 90.3 cm³/mol. The second-order valence-electron chi connectivity index (χ2n) is 6.17. The van der Waals surface area contributed by atoms with Gasteiger partial charge in [0.25, 0.3) is 5.91 Å². The maximum Gasteiger partial charge on any atom is 0.251 e. The van der Waals surface area contributed by atoms with E-state index >= 15 is 0 Å². The zero-order chi connectivity index (χ0) is 17.2. The Labute approximate surface area is 141 Å². The molecule has 1 saturated carbocycles. The third-order valence-corrected chi connectivity index (χ3v) is 5.99. The van der Waals surface area contributed by atoms with Crippen molar-refractivity contribution < 1.29 is 18.0 Å². The second-order valence-corrected chi connectivity index (χ2v) is 8.18. The normalized spacial score (nSPS) is 19.6. The molecule has 0 unspecified atom stereocenters. The highest BCUT2D eigenvalue weighted by Gasteiger charge is 2.26. The smallest absolute Gasteiger partial charge is 0.251 e. The highest BCUT2D eigenvalue weighted by atomic mass is 32.2. The minimum absolute atomic E-state index is 0.0579. The van der Waals surface area contributed by atoms with Gasteiger partial charge < -0.3 is 10.6 Å². The van der Waals surface area contributed by atoms with Crippen LogP contribution < -0.4 is 14.9 Å². The van der Waals surface area contributed by atoms with Gasteiger partial charge in [-0.25, -0.2) is 8.42 Å². The molecule has 1 aromatic carbocycles. The number of nitrogens with zero attached hydrogens (tertiary/aromatic N) is 1. The van der Waals surface area contributed by atoms with Crippen molar-refractivity contribution in [2.24, 2.45) is 0 Å². The number of anilines is 1. The number of rotatable bonds is 5. The van der Waals surface area contributed by atoms with E-state index in [4.69, 9.17) is 0 Å². The molecular formula is C16H21N3O4S. The van der Waals surface area contributed by atoms with Crippen LogP contribution in [0.2, 0.25) is 0 Å². The fraction of sp³-hybridized carbons (Fsp3) is 0.500. The first kappa shape index (κ1) is 16.8. The molecule has 2 amide bonds. The van der Waals surface area contributed by atoms with Crippen molar-refractivity contribution in [1.82, 2.24) is 10.6 Å². The van der Waals surface area contributed by atoms with E-state index in [2.05, 4.69) is 10.6 Å². The zero-order valence-corrected chi connectivity index (χ0v) is 14.1. The number of hydrogen-bond donors (Lipinski definition) is 2. The fourth-order valence-electron chi connectivity index (χ4n) is 2.63. The Balaban J connectivity index is 1.59. The number of sulfonamides is 1. The van der Waals surface area contributed by atoms with Gasteiger partial charge in [-0.1, -0.05) is 0 Å². The van der Waals surface area contributed by atoms with E-state index in [1.54, 1.807) is 24.3 Å². The molecule has 24 heavy (non-hydrogen) atoms. The number of amides is 2. The first-order valence-electron chi connectivity index (χ1n) is 8.14. The largest absolute Gasteiger partial charge is 0.352 e. The minimum atomic E-state index is -3.26. The van der Waals surface area contributed by atoms with Crippen LogP contribution in [0.1, 0.15) is 36.0 Å². The first-order chi connectivity index (χ1) is 11.5. The Morgan fingerprint density at radius 3 is 2.46 bits per heavy atom. The van der Waals surface area contributed by atoms with Crippen LogP contribution in [0.15, 0.2) is 24.3 Å². The molecule has 0 atom stereocenters. The fourth-order valence-corrected chi connectivity index (χ4v) is 4.27. The van der Waals surface area contributed by atoms with Gasteiger partial charge in [-0.2, -0.15) is 0 Å². The molecule has 0 radical (unpaired) electrons. The average molecular weight is 351 g/mol. The molecule has 0 spiro atoms. The number of nitrogens with one attached hydrogen (secondary N) is 2. The Bertz CT molecular complexity index is 726. The highest BCUT2D eigenvalue weighted by Crippen LogP contribution is 2.23. The number of benzene rings is 1. The average Bonchev–Trinajstić information content (AvgIpc) is 3.36. The zero-order valence-electron chi connectivity index (χ0n) is 13.3. The summed E-state index contributed by atoms with van der Waals surface area (Å²) in [7, 11) is -3.26. The van der Waals surface area contributed by atoms with Gasteiger partial charge in [0.2, 0.25) is 15.9 Å². The van der Waals surface area contributed by atoms with Crippen LogP contribution in [-0.2, 0) is 14.8 Å². The van der Waals surface area contributed by atoms with Gasteiger partial charge in [0.1, 0.15) is 0 Å². The van der Waals surface area contributed by atoms with Gasteiger partial charge in [0.05, 0.1) is 18.0 Å². The first-order valence-corrected chi connectivity index (χ1v) is 9.75. The van der Waals surface area contributed by atoms with Crippen molar-refractivity contribution in [3.8, 4) is 0 Å². The predicted octanol–water partition coefficient (Wildman–Crippen LogP) is 0.625. The molecule has 3 rings (SSSR count). The summed E-state index contributed by atoms with van der Waals surface area (Å²) in [5.41, 5.74) is 0.963. The van der Waals surface area contributed by atoms with E-state index in [9.17, 15) is 18.0 Å². The molecule has 1 heterocycles. The summed E-state index contributed by atoms with van der Waals surface area (Å²) in [5, 5.41) is 5.36. The minimum Gasteiger partial charge on any atom is -0.352 e. The molecule has 0 aromatic heterocycles. The molecule has 0 bridgehead atoms. The summed E-state index contributed by atoms with van der Waals surface area (Å²) in [6, 6.07) is 6.67. The Morgan fingerprint density at radius 1 is 1.12 bits per heavy atom. The lowest BCUT2D eigenvalue weighted by atomic mass is 10.2. The van der Waals surface area contributed by atoms with Crippen molar-refractivity contribution >= 4 is 27.5 Å². The number of carbonyl (C=O) groups is 2. The van der Waals surface area contributed by atoms with Gasteiger partial charge in [-0.15, -0.1) is 0 Å². The van der Waals surface area contributed by atoms with E-state index in [1.165, 1.54) is 4.31 Å². The summed E-state index contributed by atoms with van der Waals surface area (Å²) < 4.78 is 25.5. The SMILES string of the molecule is O=C(CNC(=O)c1ccc(N2CCCCS2(=O)=O)cc1)NC1CC1. The topological polar surface area (TPSA) is 95.6 Å². The summed E-state index contributed by atoms with van der Waals surface area (Å²) in [4.78, 5) is 23.6. The van der Waals surface area contributed by atoms with Gasteiger partial charge in [-0.05, 0) is 49.9 Å². The van der Waals surface area contributed by atoms with Crippen LogP contribution in [-0.4, -0.2) is 45.1 Å². The quantitative estimate of drug-likeness (QED) is 0.813. The number of carbonyl (C=O) groups excluding carboxylic acids is 2. The summed E-state index contributed by atoms with van der Waals surface area (Å²) in [5.74, 6) is -0.387. The molecule has 1 saturated heterocycles. The van der Waals surface area contributed by atoms with Crippen LogP contribution in [0.5, 0.6) is 0 Å². The van der Waals surface area contributed by atoms with Crippen LogP contribution >= 0.6 is 0 Å². The molecule has 2 aliphatic rings. The van der Waals surface area contributed by atoms with E-state index < -0.39 is 10.0 Å². The van der Waals surface area contributed by atoms with Gasteiger partial charge >= 0.3 is 0 Å². The molecular weight excluding hydrogens is 330 g/mol. The molecule has 1 aliphatic heterocycles. The van der Waals surface area contributed by atoms with Crippen molar-refractivity contribution in [3.05, 3.63) is 29.8 Å². The Kier molecular flexibility index (Phi) is 4.75. The van der Waals surface area contributed by atoms with Crippen LogP contribution in [0.4, 0.5) is 5.69 Å². The van der Waals surface area contributed by atoms with E-state index in [1.807, 2.05) is 0 Å². The highest BCUT2D eigenvalue weighted by molar-refractivity contribution is 7.92. The molecule has 2 fully saturated rings. The lowest BCUT2D eigenvalue weighted by molar-refractivity contribution is -0.120. The lowest BCUT2D eigenvalue weighted by Gasteiger charge is -2.28. The standard InChI is InChI=1S/C16H21N3O4S/c20-15(18-13-5-6-13)11-17-16(21)12-3-7-14(8-4-12)19-9-1-2-10-24(19,22)23/h3-4,7-8,13H,1-2,5-6,9-11H2,(H,17,21)(H,18,20). The van der Waals surface area contributed by atoms with E-state index in [-0.39, 0.29) is 30.2 Å². The molecule has 8 heteroatoms.